The van der Waals surface area contributed by atoms with Gasteiger partial charge in [0.2, 0.25) is 0 Å². The molecule has 0 aromatic heterocycles. The van der Waals surface area contributed by atoms with E-state index < -0.39 is 5.97 Å². The summed E-state index contributed by atoms with van der Waals surface area (Å²) in [7, 11) is 0. The summed E-state index contributed by atoms with van der Waals surface area (Å²) in [5.41, 5.74) is 6.88. The summed E-state index contributed by atoms with van der Waals surface area (Å²) in [6, 6.07) is 9.60. The van der Waals surface area contributed by atoms with Crippen LogP contribution in [-0.4, -0.2) is 11.1 Å². The Kier molecular flexibility index (Phi) is 5.87. The number of halogens is 1. The smallest absolute Gasteiger partial charge is 0.335 e. The van der Waals surface area contributed by atoms with E-state index in [0.717, 1.165) is 9.14 Å². The van der Waals surface area contributed by atoms with Crippen molar-refractivity contribution >= 4 is 34.1 Å². The Balaban J connectivity index is 1.99. The molecule has 2 aromatic carbocycles. The minimum Gasteiger partial charge on any atom is -0.478 e. The lowest BCUT2D eigenvalue weighted by molar-refractivity contribution is 0.0696. The lowest BCUT2D eigenvalue weighted by Crippen LogP contribution is -2.34. The molecule has 0 heterocycles. The van der Waals surface area contributed by atoms with E-state index in [1.54, 1.807) is 24.5 Å². The van der Waals surface area contributed by atoms with Crippen LogP contribution in [0.25, 0.3) is 5.57 Å². The lowest BCUT2D eigenvalue weighted by atomic mass is 9.62. The van der Waals surface area contributed by atoms with Gasteiger partial charge in [0.25, 0.3) is 0 Å². The Morgan fingerprint density at radius 3 is 2.24 bits per heavy atom. The second-order valence-electron chi connectivity index (χ2n) is 9.35. The summed E-state index contributed by atoms with van der Waals surface area (Å²) >= 11 is 2.16. The van der Waals surface area contributed by atoms with Crippen molar-refractivity contribution in [1.29, 1.82) is 0 Å². The van der Waals surface area contributed by atoms with Crippen LogP contribution in [0.4, 0.5) is 0 Å². The normalized spacial score (nSPS) is 17.6. The van der Waals surface area contributed by atoms with E-state index >= 15 is 0 Å². The number of rotatable bonds is 4. The molecular formula is C25H29IO3. The monoisotopic (exact) mass is 504 g/mol. The molecule has 0 fully saturated rings. The van der Waals surface area contributed by atoms with E-state index in [2.05, 4.69) is 69.3 Å². The summed E-state index contributed by atoms with van der Waals surface area (Å²) in [6.07, 6.45) is 4.11. The van der Waals surface area contributed by atoms with E-state index in [1.807, 2.05) is 6.92 Å². The average Bonchev–Trinajstić information content (AvgIpc) is 2.64. The van der Waals surface area contributed by atoms with Gasteiger partial charge in [-0.2, -0.15) is 0 Å². The van der Waals surface area contributed by atoms with Gasteiger partial charge >= 0.3 is 5.97 Å². The summed E-state index contributed by atoms with van der Waals surface area (Å²) in [5.74, 6) is -0.399. The Bertz CT molecular complexity index is 999. The molecule has 2 aromatic rings. The first-order chi connectivity index (χ1) is 13.4. The lowest BCUT2D eigenvalue weighted by Gasteiger charge is -2.42. The minimum atomic E-state index is -0.956. The summed E-state index contributed by atoms with van der Waals surface area (Å²) in [4.78, 5) is 11.2. The molecule has 3 nitrogen and oxygen atoms in total. The van der Waals surface area contributed by atoms with Gasteiger partial charge in [-0.1, -0.05) is 39.8 Å². The van der Waals surface area contributed by atoms with Crippen molar-refractivity contribution < 1.29 is 14.6 Å². The maximum atomic E-state index is 11.2. The van der Waals surface area contributed by atoms with Crippen LogP contribution in [0.3, 0.4) is 0 Å². The number of fused-ring (bicyclic) bond motifs is 1. The van der Waals surface area contributed by atoms with Crippen LogP contribution >= 0.6 is 22.6 Å². The van der Waals surface area contributed by atoms with Gasteiger partial charge in [0.1, 0.15) is 5.75 Å². The van der Waals surface area contributed by atoms with Gasteiger partial charge in [-0.05, 0) is 106 Å². The molecule has 0 radical (unpaired) electrons. The van der Waals surface area contributed by atoms with Crippen molar-refractivity contribution in [2.45, 2.75) is 65.2 Å². The molecule has 0 bridgehead atoms. The highest BCUT2D eigenvalue weighted by Crippen LogP contribution is 2.47. The second kappa shape index (κ2) is 7.78. The van der Waals surface area contributed by atoms with Gasteiger partial charge < -0.3 is 9.84 Å². The number of carboxylic acid groups (broad SMARTS) is 1. The van der Waals surface area contributed by atoms with Crippen molar-refractivity contribution in [2.24, 2.45) is 0 Å². The molecule has 1 N–H and O–H groups in total. The fraction of sp³-hybridized carbons (Fsp3) is 0.400. The highest BCUT2D eigenvalue weighted by molar-refractivity contribution is 14.1. The fourth-order valence-electron chi connectivity index (χ4n) is 4.09. The largest absolute Gasteiger partial charge is 0.478 e. The van der Waals surface area contributed by atoms with Crippen molar-refractivity contribution in [1.82, 2.24) is 0 Å². The molecule has 1 aliphatic rings. The highest BCUT2D eigenvalue weighted by Gasteiger charge is 2.37. The predicted molar refractivity (Wildman–Crippen MR) is 127 cm³/mol. The number of hydrogen-bond acceptors (Lipinski definition) is 2. The summed E-state index contributed by atoms with van der Waals surface area (Å²) in [6.45, 7) is 13.5. The van der Waals surface area contributed by atoms with Crippen LogP contribution in [-0.2, 0) is 10.8 Å². The fourth-order valence-corrected chi connectivity index (χ4v) is 4.55. The number of hydrogen-bond donors (Lipinski definition) is 1. The first-order valence-electron chi connectivity index (χ1n) is 9.95. The predicted octanol–water partition coefficient (Wildman–Crippen LogP) is 7.09. The number of allylic oxidation sites excluding steroid dienone is 1. The molecule has 0 amide bonds. The molecule has 154 valence electrons. The van der Waals surface area contributed by atoms with Crippen LogP contribution < -0.4 is 4.74 Å². The van der Waals surface area contributed by atoms with Crippen molar-refractivity contribution in [3.05, 3.63) is 68.0 Å². The maximum Gasteiger partial charge on any atom is 0.335 e. The SMILES string of the molecule is CC(=COc1cc(C(=O)O)ccc1I)c1cc2c(cc1C)C(C)(C)CCC2(C)C. The van der Waals surface area contributed by atoms with Crippen LogP contribution in [0.5, 0.6) is 5.75 Å². The van der Waals surface area contributed by atoms with Crippen LogP contribution in [0, 0.1) is 10.5 Å². The van der Waals surface area contributed by atoms with Gasteiger partial charge in [0.05, 0.1) is 15.4 Å². The Labute approximate surface area is 187 Å². The maximum absolute atomic E-state index is 11.2. The molecule has 0 spiro atoms. The van der Waals surface area contributed by atoms with Crippen LogP contribution in [0.1, 0.15) is 80.1 Å². The van der Waals surface area contributed by atoms with E-state index in [9.17, 15) is 9.90 Å². The van der Waals surface area contributed by atoms with Gasteiger partial charge in [0, 0.05) is 0 Å². The molecule has 3 rings (SSSR count). The average molecular weight is 504 g/mol. The third-order valence-electron chi connectivity index (χ3n) is 6.16. The number of carboxylic acids is 1. The van der Waals surface area contributed by atoms with E-state index in [0.29, 0.717) is 5.75 Å². The van der Waals surface area contributed by atoms with Crippen LogP contribution in [0.15, 0.2) is 36.6 Å². The van der Waals surface area contributed by atoms with Crippen molar-refractivity contribution in [2.75, 3.05) is 0 Å². The number of carbonyl (C=O) groups is 1. The first-order valence-corrected chi connectivity index (χ1v) is 11.0. The van der Waals surface area contributed by atoms with Crippen LogP contribution in [0.2, 0.25) is 0 Å². The van der Waals surface area contributed by atoms with Gasteiger partial charge in [-0.25, -0.2) is 4.79 Å². The third kappa shape index (κ3) is 4.37. The Morgan fingerprint density at radius 1 is 1.07 bits per heavy atom. The Morgan fingerprint density at radius 2 is 1.66 bits per heavy atom. The quantitative estimate of drug-likeness (QED) is 0.357. The number of benzene rings is 2. The standard InChI is InChI=1S/C25H29IO3/c1-15-11-19-20(25(5,6)10-9-24(19,3)4)13-18(15)16(2)14-29-22-12-17(23(27)28)7-8-21(22)26/h7-8,11-14H,9-10H2,1-6H3,(H,27,28). The number of ether oxygens (including phenoxy) is 1. The number of aryl methyl sites for hydroxylation is 1. The zero-order valence-corrected chi connectivity index (χ0v) is 20.2. The second-order valence-corrected chi connectivity index (χ2v) is 10.5. The molecule has 0 saturated carbocycles. The molecule has 1 aliphatic carbocycles. The van der Waals surface area contributed by atoms with E-state index in [-0.39, 0.29) is 16.4 Å². The van der Waals surface area contributed by atoms with E-state index in [4.69, 9.17) is 4.74 Å². The Hall–Kier alpha value is -1.82. The van der Waals surface area contributed by atoms with Crippen molar-refractivity contribution in [3.8, 4) is 5.75 Å². The molecule has 0 saturated heterocycles. The molecule has 29 heavy (non-hydrogen) atoms. The third-order valence-corrected chi connectivity index (χ3v) is 7.05. The zero-order valence-electron chi connectivity index (χ0n) is 18.0. The number of aromatic carboxylic acids is 1. The first kappa shape index (κ1) is 21.9. The van der Waals surface area contributed by atoms with Gasteiger partial charge in [0.15, 0.2) is 0 Å². The topological polar surface area (TPSA) is 46.5 Å². The summed E-state index contributed by atoms with van der Waals surface area (Å²) in [5, 5.41) is 9.22. The van der Waals surface area contributed by atoms with E-state index in [1.165, 1.54) is 35.1 Å². The highest BCUT2D eigenvalue weighted by atomic mass is 127. The molecule has 0 atom stereocenters. The molecule has 0 aliphatic heterocycles. The van der Waals surface area contributed by atoms with Gasteiger partial charge in [-0.3, -0.25) is 0 Å². The minimum absolute atomic E-state index is 0.152. The van der Waals surface area contributed by atoms with Crippen molar-refractivity contribution in [3.63, 3.8) is 0 Å². The molecular weight excluding hydrogens is 475 g/mol. The molecule has 4 heteroatoms. The summed E-state index contributed by atoms with van der Waals surface area (Å²) < 4.78 is 6.78. The zero-order chi connectivity index (χ0) is 21.6. The molecule has 0 unspecified atom stereocenters. The van der Waals surface area contributed by atoms with Gasteiger partial charge in [-0.15, -0.1) is 0 Å².